The minimum absolute atomic E-state index is 0.232. The van der Waals surface area contributed by atoms with Gasteiger partial charge in [0, 0.05) is 29.3 Å². The molecule has 1 saturated heterocycles. The van der Waals surface area contributed by atoms with Crippen LogP contribution in [0, 0.1) is 6.92 Å². The Bertz CT molecular complexity index is 1030. The number of aromatic nitrogens is 1. The summed E-state index contributed by atoms with van der Waals surface area (Å²) in [5.41, 5.74) is 4.86. The van der Waals surface area contributed by atoms with Gasteiger partial charge < -0.3 is 10.1 Å². The van der Waals surface area contributed by atoms with Crippen molar-refractivity contribution in [1.29, 1.82) is 0 Å². The molecule has 1 aliphatic heterocycles. The predicted octanol–water partition coefficient (Wildman–Crippen LogP) is 4.27. The fraction of sp³-hybridized carbons (Fsp3) is 0.136. The number of hydrogen-bond acceptors (Lipinski definition) is 4. The van der Waals surface area contributed by atoms with Gasteiger partial charge in [-0.25, -0.2) is 4.79 Å². The van der Waals surface area contributed by atoms with E-state index in [9.17, 15) is 9.59 Å². The molecule has 0 spiro atoms. The second-order valence-electron chi connectivity index (χ2n) is 6.54. The van der Waals surface area contributed by atoms with Crippen LogP contribution in [0.15, 0.2) is 67.0 Å². The van der Waals surface area contributed by atoms with Crippen LogP contribution >= 0.6 is 0 Å². The van der Waals surface area contributed by atoms with E-state index in [1.165, 1.54) is 4.90 Å². The Kier molecular flexibility index (Phi) is 4.76. The fourth-order valence-corrected chi connectivity index (χ4v) is 3.12. The van der Waals surface area contributed by atoms with E-state index in [4.69, 9.17) is 4.74 Å². The van der Waals surface area contributed by atoms with Crippen molar-refractivity contribution in [2.24, 2.45) is 0 Å². The lowest BCUT2D eigenvalue weighted by molar-refractivity contribution is 0.102. The lowest BCUT2D eigenvalue weighted by Crippen LogP contribution is -2.23. The standard InChI is InChI=1S/C22H19N3O3/c1-15-5-6-17(16-7-9-23-10-8-16)14-20(15)24-21(26)18-3-2-4-19(13-18)25-11-12-28-22(25)27/h2-10,13-14H,11-12H2,1H3,(H,24,26). The number of nitrogens with one attached hydrogen (secondary N) is 1. The maximum Gasteiger partial charge on any atom is 0.414 e. The lowest BCUT2D eigenvalue weighted by Gasteiger charge is -2.14. The van der Waals surface area contributed by atoms with Crippen molar-refractivity contribution < 1.29 is 14.3 Å². The second-order valence-corrected chi connectivity index (χ2v) is 6.54. The van der Waals surface area contributed by atoms with Crippen LogP contribution in [0.2, 0.25) is 0 Å². The maximum absolute atomic E-state index is 12.8. The molecule has 3 aromatic rings. The van der Waals surface area contributed by atoms with Crippen LogP contribution in [0.4, 0.5) is 16.2 Å². The summed E-state index contributed by atoms with van der Waals surface area (Å²) in [6.45, 7) is 2.79. The van der Waals surface area contributed by atoms with E-state index in [1.807, 2.05) is 37.3 Å². The predicted molar refractivity (Wildman–Crippen MR) is 107 cm³/mol. The molecule has 0 atom stereocenters. The maximum atomic E-state index is 12.8. The smallest absolute Gasteiger partial charge is 0.414 e. The van der Waals surface area contributed by atoms with Crippen molar-refractivity contribution in [2.75, 3.05) is 23.4 Å². The lowest BCUT2D eigenvalue weighted by atomic mass is 10.0. The minimum Gasteiger partial charge on any atom is -0.447 e. The molecule has 1 aromatic heterocycles. The summed E-state index contributed by atoms with van der Waals surface area (Å²) in [5.74, 6) is -0.232. The molecule has 0 aliphatic carbocycles. The summed E-state index contributed by atoms with van der Waals surface area (Å²) in [4.78, 5) is 30.1. The zero-order valence-corrected chi connectivity index (χ0v) is 15.4. The fourth-order valence-electron chi connectivity index (χ4n) is 3.12. The van der Waals surface area contributed by atoms with Gasteiger partial charge in [0.25, 0.3) is 5.91 Å². The summed E-state index contributed by atoms with van der Waals surface area (Å²) >= 11 is 0. The quantitative estimate of drug-likeness (QED) is 0.741. The first kappa shape index (κ1) is 17.7. The highest BCUT2D eigenvalue weighted by molar-refractivity contribution is 6.06. The number of rotatable bonds is 4. The molecule has 28 heavy (non-hydrogen) atoms. The number of amides is 2. The number of hydrogen-bond donors (Lipinski definition) is 1. The van der Waals surface area contributed by atoms with E-state index in [0.717, 1.165) is 22.4 Å². The summed E-state index contributed by atoms with van der Waals surface area (Å²) in [7, 11) is 0. The Balaban J connectivity index is 1.58. The number of benzene rings is 2. The summed E-state index contributed by atoms with van der Waals surface area (Å²) in [5, 5.41) is 2.98. The van der Waals surface area contributed by atoms with Crippen LogP contribution in [-0.4, -0.2) is 30.1 Å². The SMILES string of the molecule is Cc1ccc(-c2ccncc2)cc1NC(=O)c1cccc(N2CCOC2=O)c1. The highest BCUT2D eigenvalue weighted by Crippen LogP contribution is 2.26. The van der Waals surface area contributed by atoms with Crippen molar-refractivity contribution in [3.63, 3.8) is 0 Å². The molecular formula is C22H19N3O3. The van der Waals surface area contributed by atoms with Crippen molar-refractivity contribution in [3.05, 3.63) is 78.1 Å². The Hall–Kier alpha value is -3.67. The third-order valence-corrected chi connectivity index (χ3v) is 4.68. The van der Waals surface area contributed by atoms with Gasteiger partial charge in [-0.2, -0.15) is 0 Å². The van der Waals surface area contributed by atoms with Crippen molar-refractivity contribution in [3.8, 4) is 11.1 Å². The van der Waals surface area contributed by atoms with Gasteiger partial charge in [-0.15, -0.1) is 0 Å². The largest absolute Gasteiger partial charge is 0.447 e. The van der Waals surface area contributed by atoms with E-state index in [0.29, 0.717) is 24.4 Å². The molecule has 140 valence electrons. The molecule has 0 unspecified atom stereocenters. The molecule has 1 N–H and O–H groups in total. The molecule has 2 heterocycles. The molecule has 6 heteroatoms. The highest BCUT2D eigenvalue weighted by Gasteiger charge is 2.24. The van der Waals surface area contributed by atoms with E-state index in [1.54, 1.807) is 36.7 Å². The molecule has 4 rings (SSSR count). The van der Waals surface area contributed by atoms with Gasteiger partial charge >= 0.3 is 6.09 Å². The van der Waals surface area contributed by atoms with Crippen LogP contribution in [0.25, 0.3) is 11.1 Å². The monoisotopic (exact) mass is 373 g/mol. The number of cyclic esters (lactones) is 1. The molecule has 0 bridgehead atoms. The number of nitrogens with zero attached hydrogens (tertiary/aromatic N) is 2. The molecule has 6 nitrogen and oxygen atoms in total. The normalized spacial score (nSPS) is 13.3. The third kappa shape index (κ3) is 3.57. The van der Waals surface area contributed by atoms with Gasteiger partial charge in [-0.3, -0.25) is 14.7 Å². The Morgan fingerprint density at radius 2 is 1.89 bits per heavy atom. The first-order valence-corrected chi connectivity index (χ1v) is 8.98. The minimum atomic E-state index is -0.390. The second kappa shape index (κ2) is 7.52. The van der Waals surface area contributed by atoms with E-state index < -0.39 is 6.09 Å². The Labute approximate surface area is 162 Å². The molecule has 2 amide bonds. The van der Waals surface area contributed by atoms with Crippen molar-refractivity contribution in [2.45, 2.75) is 6.92 Å². The summed E-state index contributed by atoms with van der Waals surface area (Å²) in [6, 6.07) is 16.8. The first-order chi connectivity index (χ1) is 13.6. The Morgan fingerprint density at radius 1 is 1.07 bits per heavy atom. The average Bonchev–Trinajstić information content (AvgIpc) is 3.16. The number of carbonyl (C=O) groups is 2. The van der Waals surface area contributed by atoms with E-state index in [-0.39, 0.29) is 5.91 Å². The van der Waals surface area contributed by atoms with Crippen LogP contribution in [0.1, 0.15) is 15.9 Å². The highest BCUT2D eigenvalue weighted by atomic mass is 16.6. The van der Waals surface area contributed by atoms with Gasteiger partial charge in [0.15, 0.2) is 0 Å². The van der Waals surface area contributed by atoms with E-state index in [2.05, 4.69) is 10.3 Å². The average molecular weight is 373 g/mol. The third-order valence-electron chi connectivity index (χ3n) is 4.68. The first-order valence-electron chi connectivity index (χ1n) is 8.98. The van der Waals surface area contributed by atoms with Gasteiger partial charge in [0.2, 0.25) is 0 Å². The zero-order valence-electron chi connectivity index (χ0n) is 15.4. The van der Waals surface area contributed by atoms with Crippen molar-refractivity contribution >= 4 is 23.4 Å². The molecule has 1 fully saturated rings. The number of pyridine rings is 1. The number of ether oxygens (including phenoxy) is 1. The molecule has 0 radical (unpaired) electrons. The summed E-state index contributed by atoms with van der Waals surface area (Å²) < 4.78 is 4.97. The molecule has 2 aromatic carbocycles. The molecular weight excluding hydrogens is 354 g/mol. The van der Waals surface area contributed by atoms with Gasteiger partial charge in [-0.05, 0) is 60.0 Å². The van der Waals surface area contributed by atoms with Gasteiger partial charge in [0.1, 0.15) is 6.61 Å². The van der Waals surface area contributed by atoms with Crippen LogP contribution in [0.5, 0.6) is 0 Å². The van der Waals surface area contributed by atoms with E-state index >= 15 is 0 Å². The number of anilines is 2. The molecule has 0 saturated carbocycles. The summed E-state index contributed by atoms with van der Waals surface area (Å²) in [6.07, 6.45) is 3.09. The van der Waals surface area contributed by atoms with Crippen LogP contribution < -0.4 is 10.2 Å². The Morgan fingerprint density at radius 3 is 2.64 bits per heavy atom. The molecule has 1 aliphatic rings. The van der Waals surface area contributed by atoms with Crippen molar-refractivity contribution in [1.82, 2.24) is 4.98 Å². The number of carbonyl (C=O) groups excluding carboxylic acids is 2. The topological polar surface area (TPSA) is 71.5 Å². The number of aryl methyl sites for hydroxylation is 1. The van der Waals surface area contributed by atoms with Gasteiger partial charge in [0.05, 0.1) is 6.54 Å². The zero-order chi connectivity index (χ0) is 19.5. The van der Waals surface area contributed by atoms with Crippen LogP contribution in [0.3, 0.4) is 0 Å². The van der Waals surface area contributed by atoms with Gasteiger partial charge in [-0.1, -0.05) is 18.2 Å². The van der Waals surface area contributed by atoms with Crippen LogP contribution in [-0.2, 0) is 4.74 Å².